The fourth-order valence-corrected chi connectivity index (χ4v) is 1.34. The zero-order valence-corrected chi connectivity index (χ0v) is 11.0. The Bertz CT molecular complexity index is 230. The third kappa shape index (κ3) is 3.55. The highest BCUT2D eigenvalue weighted by molar-refractivity contribution is 14.1. The van der Waals surface area contributed by atoms with E-state index in [9.17, 15) is 9.90 Å². The van der Waals surface area contributed by atoms with Gasteiger partial charge in [-0.3, -0.25) is 9.63 Å². The van der Waals surface area contributed by atoms with Gasteiger partial charge in [0.25, 0.3) is 5.91 Å². The minimum Gasteiger partial charge on any atom is -0.388 e. The van der Waals surface area contributed by atoms with Crippen LogP contribution in [0.25, 0.3) is 0 Å². The summed E-state index contributed by atoms with van der Waals surface area (Å²) in [5.74, 6) is -0.733. The molecule has 0 aliphatic heterocycles. The van der Waals surface area contributed by atoms with Crippen molar-refractivity contribution >= 4 is 28.5 Å². The maximum absolute atomic E-state index is 11.5. The SMILES string of the molecule is CON(C)C(=O)[C@H](C)[C@@H](O)/C(C)=C/I. The third-order valence-electron chi connectivity index (χ3n) is 2.09. The van der Waals surface area contributed by atoms with E-state index in [1.54, 1.807) is 17.9 Å². The van der Waals surface area contributed by atoms with Crippen LogP contribution in [0.15, 0.2) is 9.66 Å². The highest BCUT2D eigenvalue weighted by Crippen LogP contribution is 2.15. The average Bonchev–Trinajstić information content (AvgIpc) is 2.23. The summed E-state index contributed by atoms with van der Waals surface area (Å²) in [7, 11) is 2.94. The molecule has 1 N–H and O–H groups in total. The zero-order chi connectivity index (χ0) is 11.3. The van der Waals surface area contributed by atoms with E-state index in [1.165, 1.54) is 14.2 Å². The van der Waals surface area contributed by atoms with Crippen LogP contribution in [0.4, 0.5) is 0 Å². The molecule has 1 amide bonds. The summed E-state index contributed by atoms with van der Waals surface area (Å²) in [6.07, 6.45) is -0.753. The van der Waals surface area contributed by atoms with Gasteiger partial charge in [0.1, 0.15) is 0 Å². The Hall–Kier alpha value is -0.140. The smallest absolute Gasteiger partial charge is 0.251 e. The van der Waals surface area contributed by atoms with E-state index in [-0.39, 0.29) is 5.91 Å². The van der Waals surface area contributed by atoms with Crippen molar-refractivity contribution < 1.29 is 14.7 Å². The number of hydrogen-bond acceptors (Lipinski definition) is 3. The number of amides is 1. The van der Waals surface area contributed by atoms with Crippen molar-refractivity contribution in [3.63, 3.8) is 0 Å². The minimum atomic E-state index is -0.753. The minimum absolute atomic E-state index is 0.238. The number of nitrogens with zero attached hydrogens (tertiary/aromatic N) is 1. The molecule has 4 nitrogen and oxygen atoms in total. The number of carbonyl (C=O) groups is 1. The summed E-state index contributed by atoms with van der Waals surface area (Å²) in [5, 5.41) is 10.8. The number of carbonyl (C=O) groups excluding carboxylic acids is 1. The van der Waals surface area contributed by atoms with Gasteiger partial charge >= 0.3 is 0 Å². The van der Waals surface area contributed by atoms with Gasteiger partial charge in [0.15, 0.2) is 0 Å². The first-order valence-corrected chi connectivity index (χ1v) is 5.46. The summed E-state index contributed by atoms with van der Waals surface area (Å²) in [4.78, 5) is 16.3. The highest BCUT2D eigenvalue weighted by Gasteiger charge is 2.25. The predicted octanol–water partition coefficient (Wildman–Crippen LogP) is 1.34. The van der Waals surface area contributed by atoms with Crippen molar-refractivity contribution in [3.8, 4) is 0 Å². The van der Waals surface area contributed by atoms with E-state index in [4.69, 9.17) is 4.84 Å². The van der Waals surface area contributed by atoms with Crippen LogP contribution in [-0.4, -0.2) is 36.3 Å². The molecule has 0 aromatic carbocycles. The largest absolute Gasteiger partial charge is 0.388 e. The van der Waals surface area contributed by atoms with Gasteiger partial charge in [-0.15, -0.1) is 0 Å². The number of hydroxylamine groups is 2. The normalized spacial score (nSPS) is 16.3. The second kappa shape index (κ2) is 6.36. The van der Waals surface area contributed by atoms with Gasteiger partial charge in [-0.05, 0) is 16.6 Å². The van der Waals surface area contributed by atoms with Crippen LogP contribution in [-0.2, 0) is 9.63 Å². The van der Waals surface area contributed by atoms with Gasteiger partial charge in [0.2, 0.25) is 0 Å². The second-order valence-corrected chi connectivity index (χ2v) is 3.73. The van der Waals surface area contributed by atoms with Crippen LogP contribution < -0.4 is 0 Å². The monoisotopic (exact) mass is 313 g/mol. The summed E-state index contributed by atoms with van der Waals surface area (Å²) < 4.78 is 1.76. The lowest BCUT2D eigenvalue weighted by Crippen LogP contribution is -2.37. The molecule has 0 unspecified atom stereocenters. The fourth-order valence-electron chi connectivity index (χ4n) is 0.971. The van der Waals surface area contributed by atoms with Crippen LogP contribution in [0.2, 0.25) is 0 Å². The first-order valence-electron chi connectivity index (χ1n) is 4.22. The first kappa shape index (κ1) is 13.9. The Morgan fingerprint density at radius 3 is 2.50 bits per heavy atom. The van der Waals surface area contributed by atoms with E-state index in [0.29, 0.717) is 0 Å². The van der Waals surface area contributed by atoms with Gasteiger partial charge < -0.3 is 5.11 Å². The molecular formula is C9H16INO3. The lowest BCUT2D eigenvalue weighted by Gasteiger charge is -2.22. The molecule has 0 aromatic heterocycles. The maximum atomic E-state index is 11.5. The fraction of sp³-hybridized carbons (Fsp3) is 0.667. The molecule has 14 heavy (non-hydrogen) atoms. The van der Waals surface area contributed by atoms with Crippen molar-refractivity contribution in [2.45, 2.75) is 20.0 Å². The number of halogens is 1. The number of aliphatic hydroxyl groups excluding tert-OH is 1. The Morgan fingerprint density at radius 2 is 2.14 bits per heavy atom. The zero-order valence-electron chi connectivity index (χ0n) is 8.82. The summed E-state index contributed by atoms with van der Waals surface area (Å²) in [6.45, 7) is 3.46. The van der Waals surface area contributed by atoms with Crippen molar-refractivity contribution in [1.82, 2.24) is 5.06 Å². The molecule has 5 heteroatoms. The van der Waals surface area contributed by atoms with E-state index in [0.717, 1.165) is 10.6 Å². The molecule has 0 aliphatic carbocycles. The third-order valence-corrected chi connectivity index (χ3v) is 3.07. The lowest BCUT2D eigenvalue weighted by atomic mass is 9.99. The molecule has 0 saturated heterocycles. The molecular weight excluding hydrogens is 297 g/mol. The quantitative estimate of drug-likeness (QED) is 0.629. The second-order valence-electron chi connectivity index (χ2n) is 3.10. The number of hydrogen-bond donors (Lipinski definition) is 1. The molecule has 0 radical (unpaired) electrons. The van der Waals surface area contributed by atoms with E-state index < -0.39 is 12.0 Å². The molecule has 0 spiro atoms. The summed E-state index contributed by atoms with van der Waals surface area (Å²) in [6, 6.07) is 0. The highest BCUT2D eigenvalue weighted by atomic mass is 127. The van der Waals surface area contributed by atoms with Gasteiger partial charge in [0, 0.05) is 7.05 Å². The number of aliphatic hydroxyl groups is 1. The molecule has 82 valence electrons. The topological polar surface area (TPSA) is 49.8 Å². The van der Waals surface area contributed by atoms with Crippen LogP contribution >= 0.6 is 22.6 Å². The molecule has 0 fully saturated rings. The molecule has 2 atom stereocenters. The lowest BCUT2D eigenvalue weighted by molar-refractivity contribution is -0.175. The standard InChI is InChI=1S/C9H16INO3/c1-6(5-10)8(12)7(2)9(13)11(3)14-4/h5,7-8,12H,1-4H3/b6-5+/t7-,8+/m1/s1. The summed E-state index contributed by atoms with van der Waals surface area (Å²) in [5.41, 5.74) is 0.774. The van der Waals surface area contributed by atoms with Crippen molar-refractivity contribution in [2.24, 2.45) is 5.92 Å². The molecule has 0 bridgehead atoms. The molecule has 0 heterocycles. The van der Waals surface area contributed by atoms with E-state index >= 15 is 0 Å². The van der Waals surface area contributed by atoms with Crippen molar-refractivity contribution in [3.05, 3.63) is 9.66 Å². The van der Waals surface area contributed by atoms with E-state index in [1.807, 2.05) is 22.6 Å². The number of rotatable bonds is 4. The van der Waals surface area contributed by atoms with Crippen LogP contribution in [0.3, 0.4) is 0 Å². The Morgan fingerprint density at radius 1 is 1.64 bits per heavy atom. The van der Waals surface area contributed by atoms with Gasteiger partial charge in [0.05, 0.1) is 19.1 Å². The molecule has 0 rings (SSSR count). The Balaban J connectivity index is 4.46. The molecule has 0 aliphatic rings. The maximum Gasteiger partial charge on any atom is 0.251 e. The predicted molar refractivity (Wildman–Crippen MR) is 62.7 cm³/mol. The molecule has 0 aromatic rings. The van der Waals surface area contributed by atoms with Crippen LogP contribution in [0, 0.1) is 5.92 Å². The average molecular weight is 313 g/mol. The van der Waals surface area contributed by atoms with Crippen LogP contribution in [0.5, 0.6) is 0 Å². The Labute approximate surface area is 98.0 Å². The summed E-state index contributed by atoms with van der Waals surface area (Å²) >= 11 is 2.03. The van der Waals surface area contributed by atoms with Gasteiger partial charge in [-0.25, -0.2) is 5.06 Å². The Kier molecular flexibility index (Phi) is 6.30. The van der Waals surface area contributed by atoms with Gasteiger partial charge in [-0.2, -0.15) is 0 Å². The van der Waals surface area contributed by atoms with Crippen LogP contribution in [0.1, 0.15) is 13.8 Å². The van der Waals surface area contributed by atoms with Crippen molar-refractivity contribution in [2.75, 3.05) is 14.2 Å². The first-order chi connectivity index (χ1) is 6.45. The molecule has 0 saturated carbocycles. The van der Waals surface area contributed by atoms with Gasteiger partial charge in [-0.1, -0.05) is 29.5 Å². The van der Waals surface area contributed by atoms with Crippen molar-refractivity contribution in [1.29, 1.82) is 0 Å². The van der Waals surface area contributed by atoms with E-state index in [2.05, 4.69) is 0 Å².